The number of rotatable bonds is 11. The zero-order chi connectivity index (χ0) is 12.2. The average molecular weight is 371 g/mol. The number of thioether (sulfide) groups is 6. The van der Waals surface area contributed by atoms with E-state index in [0.717, 1.165) is 15.3 Å². The Hall–Kier alpha value is 2.80. The first-order valence-corrected chi connectivity index (χ1v) is 12.4. The summed E-state index contributed by atoms with van der Waals surface area (Å²) in [6.45, 7) is 2.12. The van der Waals surface area contributed by atoms with Crippen LogP contribution >= 0.6 is 95.8 Å². The van der Waals surface area contributed by atoms with Crippen LogP contribution in [0.2, 0.25) is 0 Å². The summed E-state index contributed by atoms with van der Waals surface area (Å²) in [5.74, 6) is 0. The molecule has 0 bridgehead atoms. The second-order valence-corrected chi connectivity index (χ2v) is 13.0. The van der Waals surface area contributed by atoms with Gasteiger partial charge in [0, 0.05) is 24.9 Å². The molecule has 0 nitrogen and oxygen atoms in total. The number of thiol groups is 2. The zero-order valence-corrected chi connectivity index (χ0v) is 16.0. The van der Waals surface area contributed by atoms with Crippen molar-refractivity contribution >= 4 is 95.8 Å². The van der Waals surface area contributed by atoms with Gasteiger partial charge in [0.05, 0.1) is 3.91 Å². The van der Waals surface area contributed by atoms with Gasteiger partial charge < -0.3 is 0 Å². The van der Waals surface area contributed by atoms with E-state index in [9.17, 15) is 0 Å². The summed E-state index contributed by atoms with van der Waals surface area (Å²) >= 11 is 20.4. The van der Waals surface area contributed by atoms with Crippen LogP contribution in [-0.4, -0.2) is 35.1 Å². The summed E-state index contributed by atoms with van der Waals surface area (Å²) < 4.78 is 0.883. The lowest BCUT2D eigenvalue weighted by Gasteiger charge is -2.08. The minimum Gasteiger partial charge on any atom is -0.165 e. The predicted octanol–water partition coefficient (Wildman–Crippen LogP) is 5.33. The predicted molar refractivity (Wildman–Crippen MR) is 102 cm³/mol. The van der Waals surface area contributed by atoms with Crippen molar-refractivity contribution in [1.82, 2.24) is 0 Å². The number of hydrogen-bond donors (Lipinski definition) is 2. The van der Waals surface area contributed by atoms with Crippen molar-refractivity contribution in [2.24, 2.45) is 0 Å². The van der Waals surface area contributed by atoms with Crippen molar-refractivity contribution in [2.45, 2.75) is 15.4 Å². The summed E-state index contributed by atoms with van der Waals surface area (Å²) in [4.78, 5) is 0. The maximum Gasteiger partial charge on any atom is 0.0944 e. The molecule has 0 spiro atoms. The summed E-state index contributed by atoms with van der Waals surface area (Å²) in [6, 6.07) is 0. The highest BCUT2D eigenvalue weighted by Crippen LogP contribution is 2.32. The van der Waals surface area contributed by atoms with Gasteiger partial charge in [0.2, 0.25) is 0 Å². The van der Waals surface area contributed by atoms with E-state index in [-0.39, 0.29) is 0 Å². The molecule has 2 unspecified atom stereocenters. The monoisotopic (exact) mass is 370 g/mol. The van der Waals surface area contributed by atoms with Crippen molar-refractivity contribution in [3.63, 3.8) is 0 Å². The highest BCUT2D eigenvalue weighted by Gasteiger charge is 2.03. The third-order valence-corrected chi connectivity index (χ3v) is 9.63. The maximum absolute atomic E-state index is 4.51. The minimum atomic E-state index is 0.428. The molecule has 0 aromatic carbocycles. The van der Waals surface area contributed by atoms with E-state index < -0.39 is 0 Å². The fourth-order valence-corrected chi connectivity index (χ4v) is 8.86. The van der Waals surface area contributed by atoms with E-state index in [4.69, 9.17) is 0 Å². The van der Waals surface area contributed by atoms with Crippen LogP contribution in [0.1, 0.15) is 6.92 Å². The normalized spacial score (nSPS) is 15.0. The van der Waals surface area contributed by atoms with Gasteiger partial charge in [-0.15, -0.1) is 58.8 Å². The van der Waals surface area contributed by atoms with E-state index in [0.29, 0.717) is 8.50 Å². The molecule has 0 radical (unpaired) electrons. The lowest BCUT2D eigenvalue weighted by molar-refractivity contribution is 1.44. The van der Waals surface area contributed by atoms with E-state index in [1.807, 2.05) is 70.6 Å². The Morgan fingerprint density at radius 2 is 1.44 bits per heavy atom. The maximum atomic E-state index is 4.51. The Balaban J connectivity index is 3.08. The molecule has 0 aliphatic rings. The van der Waals surface area contributed by atoms with Gasteiger partial charge in [-0.2, -0.15) is 37.0 Å². The van der Waals surface area contributed by atoms with Gasteiger partial charge in [-0.3, -0.25) is 0 Å². The van der Waals surface area contributed by atoms with Crippen molar-refractivity contribution in [2.75, 3.05) is 26.6 Å². The second-order valence-electron chi connectivity index (χ2n) is 2.57. The zero-order valence-electron chi connectivity index (χ0n) is 9.33. The molecule has 0 aliphatic heterocycles. The van der Waals surface area contributed by atoms with Crippen LogP contribution in [0.5, 0.6) is 0 Å². The topological polar surface area (TPSA) is 0 Å². The van der Waals surface area contributed by atoms with E-state index >= 15 is 0 Å². The van der Waals surface area contributed by atoms with Crippen molar-refractivity contribution in [3.8, 4) is 0 Å². The largest absolute Gasteiger partial charge is 0.165 e. The Morgan fingerprint density at radius 3 is 2.00 bits per heavy atom. The highest BCUT2D eigenvalue weighted by molar-refractivity contribution is 8.35. The van der Waals surface area contributed by atoms with Crippen LogP contribution in [0.3, 0.4) is 0 Å². The van der Waals surface area contributed by atoms with Crippen LogP contribution in [0.25, 0.3) is 0 Å². The Labute approximate surface area is 136 Å². The molecule has 0 aromatic heterocycles. The van der Waals surface area contributed by atoms with Crippen LogP contribution in [0, 0.1) is 0 Å². The van der Waals surface area contributed by atoms with E-state index in [1.165, 1.54) is 5.08 Å². The molecule has 0 saturated carbocycles. The first-order valence-electron chi connectivity index (χ1n) is 4.52. The van der Waals surface area contributed by atoms with E-state index in [2.05, 4.69) is 38.4 Å². The lowest BCUT2D eigenvalue weighted by Crippen LogP contribution is -1.87. The van der Waals surface area contributed by atoms with Crippen LogP contribution in [-0.2, 0) is 0 Å². The fraction of sp³-hybridized carbons (Fsp3) is 1.00. The van der Waals surface area contributed by atoms with Crippen molar-refractivity contribution in [3.05, 3.63) is 0 Å². The summed E-state index contributed by atoms with van der Waals surface area (Å²) in [5.41, 5.74) is 0. The fourth-order valence-electron chi connectivity index (χ4n) is 0.554. The first kappa shape index (κ1) is 18.8. The number of hydrogen-bond acceptors (Lipinski definition) is 8. The molecule has 0 aliphatic carbocycles. The molecule has 0 heterocycles. The average Bonchev–Trinajstić information content (AvgIpc) is 2.24. The van der Waals surface area contributed by atoms with Gasteiger partial charge in [0.1, 0.15) is 0 Å². The third kappa shape index (κ3) is 14.9. The third-order valence-electron chi connectivity index (χ3n) is 1.18. The molecule has 2 atom stereocenters. The van der Waals surface area contributed by atoms with Gasteiger partial charge in [0.15, 0.2) is 0 Å². The quantitative estimate of drug-likeness (QED) is 0.284. The molecule has 16 heavy (non-hydrogen) atoms. The van der Waals surface area contributed by atoms with Gasteiger partial charge in [-0.25, -0.2) is 0 Å². The SMILES string of the molecule is CSCSC(S)SCSCSCSC(C)S. The molecular weight excluding hydrogens is 353 g/mol. The Kier molecular flexibility index (Phi) is 16.7. The smallest absolute Gasteiger partial charge is 0.0944 e. The van der Waals surface area contributed by atoms with Gasteiger partial charge in [-0.05, 0) is 13.2 Å². The summed E-state index contributed by atoms with van der Waals surface area (Å²) in [6.07, 6.45) is 2.13. The van der Waals surface area contributed by atoms with Crippen molar-refractivity contribution < 1.29 is 0 Å². The minimum absolute atomic E-state index is 0.428. The molecular formula is C8H18S8. The van der Waals surface area contributed by atoms with Gasteiger partial charge in [-0.1, -0.05) is 0 Å². The molecule has 0 rings (SSSR count). The lowest BCUT2D eigenvalue weighted by atomic mass is 11.0. The first-order chi connectivity index (χ1) is 7.66. The van der Waals surface area contributed by atoms with Crippen LogP contribution in [0.4, 0.5) is 0 Å². The molecule has 0 amide bonds. The molecule has 0 fully saturated rings. The van der Waals surface area contributed by atoms with Gasteiger partial charge >= 0.3 is 0 Å². The van der Waals surface area contributed by atoms with Gasteiger partial charge in [0.25, 0.3) is 0 Å². The molecule has 0 N–H and O–H groups in total. The van der Waals surface area contributed by atoms with E-state index in [1.54, 1.807) is 0 Å². The van der Waals surface area contributed by atoms with Crippen LogP contribution < -0.4 is 0 Å². The molecule has 0 aromatic rings. The molecule has 8 heteroatoms. The van der Waals surface area contributed by atoms with Crippen molar-refractivity contribution in [1.29, 1.82) is 0 Å². The summed E-state index contributed by atoms with van der Waals surface area (Å²) in [5, 5.41) is 4.60. The molecule has 0 saturated heterocycles. The van der Waals surface area contributed by atoms with Crippen LogP contribution in [0.15, 0.2) is 0 Å². The highest BCUT2D eigenvalue weighted by atomic mass is 32.3. The standard InChI is InChI=1S/C8H18S8/c1-7(9)14-5-12-4-13-6-16-8(10)15-3-11-2/h7-10H,3-6H2,1-2H3. The Bertz CT molecular complexity index is 142. The molecule has 98 valence electrons. The second kappa shape index (κ2) is 14.2. The summed E-state index contributed by atoms with van der Waals surface area (Å²) in [7, 11) is 0. The Morgan fingerprint density at radius 1 is 0.875 bits per heavy atom.